The van der Waals surface area contributed by atoms with Gasteiger partial charge in [-0.3, -0.25) is 0 Å². The van der Waals surface area contributed by atoms with E-state index in [-0.39, 0.29) is 5.22 Å². The third kappa shape index (κ3) is 16.0. The van der Waals surface area contributed by atoms with Crippen LogP contribution in [0.4, 0.5) is 8.78 Å². The molecule has 188 valence electrons. The van der Waals surface area contributed by atoms with E-state index in [0.29, 0.717) is 22.8 Å². The summed E-state index contributed by atoms with van der Waals surface area (Å²) < 4.78 is 28.5. The smallest absolute Gasteiger partial charge is 0.167 e. The van der Waals surface area contributed by atoms with Crippen LogP contribution in [0.3, 0.4) is 0 Å². The van der Waals surface area contributed by atoms with Gasteiger partial charge in [0.1, 0.15) is 0 Å². The summed E-state index contributed by atoms with van der Waals surface area (Å²) in [6, 6.07) is 0. The van der Waals surface area contributed by atoms with Gasteiger partial charge in [-0.15, -0.1) is 0 Å². The van der Waals surface area contributed by atoms with Gasteiger partial charge in [-0.05, 0) is 43.5 Å². The Kier molecular flexibility index (Phi) is 30.0. The molecule has 0 atom stereocenters. The lowest BCUT2D eigenvalue weighted by atomic mass is 9.99. The number of unbranched alkanes of at least 4 members (excludes halogenated alkanes) is 2. The molecule has 0 spiro atoms. The van der Waals surface area contributed by atoms with Crippen molar-refractivity contribution in [3.05, 3.63) is 50.9 Å². The van der Waals surface area contributed by atoms with E-state index in [1.165, 1.54) is 25.7 Å². The Balaban J connectivity index is -0.000000273. The molecule has 0 heterocycles. The Morgan fingerprint density at radius 3 is 1.50 bits per heavy atom. The van der Waals surface area contributed by atoms with E-state index >= 15 is 0 Å². The van der Waals surface area contributed by atoms with E-state index in [9.17, 15) is 8.78 Å². The van der Waals surface area contributed by atoms with Gasteiger partial charge in [0, 0.05) is 10.8 Å². The zero-order chi connectivity index (χ0) is 26.3. The lowest BCUT2D eigenvalue weighted by Gasteiger charge is -2.08. The van der Waals surface area contributed by atoms with Crippen LogP contribution in [0.1, 0.15) is 126 Å². The minimum absolute atomic E-state index is 0.207. The summed E-state index contributed by atoms with van der Waals surface area (Å²) in [5, 5.41) is 0.729. The van der Waals surface area contributed by atoms with Crippen molar-refractivity contribution in [3.8, 4) is 0 Å². The van der Waals surface area contributed by atoms with Gasteiger partial charge in [0.05, 0.1) is 0 Å². The van der Waals surface area contributed by atoms with E-state index in [2.05, 4.69) is 40.9 Å². The van der Waals surface area contributed by atoms with E-state index < -0.39 is 11.6 Å². The molecule has 0 fully saturated rings. The lowest BCUT2D eigenvalue weighted by molar-refractivity contribution is 0.499. The highest BCUT2D eigenvalue weighted by atomic mass is 19.2. The maximum Gasteiger partial charge on any atom is 0.167 e. The fourth-order valence-electron chi connectivity index (χ4n) is 1.87. The summed E-state index contributed by atoms with van der Waals surface area (Å²) in [5.74, 6) is -1.65. The van der Waals surface area contributed by atoms with Crippen molar-refractivity contribution in [1.29, 1.82) is 0 Å². The van der Waals surface area contributed by atoms with Crippen LogP contribution < -0.4 is 10.4 Å². The first kappa shape index (κ1) is 37.6. The van der Waals surface area contributed by atoms with Gasteiger partial charge in [0.25, 0.3) is 0 Å². The molecule has 0 saturated carbocycles. The zero-order valence-corrected chi connectivity index (χ0v) is 23.6. The van der Waals surface area contributed by atoms with E-state index in [4.69, 9.17) is 0 Å². The Morgan fingerprint density at radius 2 is 1.19 bits per heavy atom. The molecule has 0 saturated heterocycles. The van der Waals surface area contributed by atoms with Crippen LogP contribution in [0, 0.1) is 18.6 Å². The summed E-state index contributed by atoms with van der Waals surface area (Å²) >= 11 is 0. The number of hydrogen-bond acceptors (Lipinski definition) is 0. The van der Waals surface area contributed by atoms with Gasteiger partial charge in [0.15, 0.2) is 11.6 Å². The molecule has 1 aromatic carbocycles. The maximum absolute atomic E-state index is 14.3. The average Bonchev–Trinajstić information content (AvgIpc) is 2.85. The summed E-state index contributed by atoms with van der Waals surface area (Å²) in [5.41, 5.74) is 2.72. The predicted octanol–water partition coefficient (Wildman–Crippen LogP) is 9.91. The fourth-order valence-corrected chi connectivity index (χ4v) is 1.87. The summed E-state index contributed by atoms with van der Waals surface area (Å²) in [6.45, 7) is 32.0. The highest BCUT2D eigenvalue weighted by Crippen LogP contribution is 2.16. The summed E-state index contributed by atoms with van der Waals surface area (Å²) in [6.07, 6.45) is 10.0. The molecular formula is C30H54F2. The number of halogens is 2. The van der Waals surface area contributed by atoms with Crippen molar-refractivity contribution >= 4 is 18.7 Å². The molecule has 0 bridgehead atoms. The number of benzene rings is 1. The Hall–Kier alpha value is -1.70. The van der Waals surface area contributed by atoms with Crippen molar-refractivity contribution in [2.75, 3.05) is 0 Å². The molecule has 1 rings (SSSR count). The molecule has 0 amide bonds. The molecule has 0 aliphatic rings. The largest absolute Gasteiger partial charge is 0.203 e. The van der Waals surface area contributed by atoms with Gasteiger partial charge in [0.2, 0.25) is 0 Å². The molecule has 2 heteroatoms. The van der Waals surface area contributed by atoms with E-state index in [1.807, 2.05) is 48.5 Å². The molecule has 0 nitrogen and oxygen atoms in total. The summed E-state index contributed by atoms with van der Waals surface area (Å²) in [4.78, 5) is 0. The standard InChI is InChI=1S/C18H22F2.2C4H10.2C2H6/c1-7-11(3)9-15-13(5)14(6)16(10-12(4)8-2)18(20)17(15)19;2*1-3-4-2;2*1-2/h9-10H,3,5,7-8H2,1-2,4,6H3;2*3-4H2,1-2H3;2*1-2H3/b12-10+,15-9+;;;;. The molecular weight excluding hydrogens is 398 g/mol. The Bertz CT molecular complexity index is 716. The minimum Gasteiger partial charge on any atom is -0.203 e. The van der Waals surface area contributed by atoms with Gasteiger partial charge in [-0.1, -0.05) is 125 Å². The Labute approximate surface area is 200 Å². The zero-order valence-electron chi connectivity index (χ0n) is 23.6. The van der Waals surface area contributed by atoms with E-state index in [0.717, 1.165) is 17.6 Å². The molecule has 0 radical (unpaired) electrons. The van der Waals surface area contributed by atoms with Crippen LogP contribution in [0.5, 0.6) is 0 Å². The monoisotopic (exact) mass is 452 g/mol. The van der Waals surface area contributed by atoms with E-state index in [1.54, 1.807) is 19.1 Å². The minimum atomic E-state index is -0.842. The van der Waals surface area contributed by atoms with Gasteiger partial charge in [-0.25, -0.2) is 8.78 Å². The van der Waals surface area contributed by atoms with Crippen molar-refractivity contribution < 1.29 is 8.78 Å². The average molecular weight is 453 g/mol. The van der Waals surface area contributed by atoms with Crippen LogP contribution in [0.25, 0.3) is 18.7 Å². The molecule has 0 unspecified atom stereocenters. The molecule has 0 N–H and O–H groups in total. The van der Waals surface area contributed by atoms with Gasteiger partial charge in [-0.2, -0.15) is 0 Å². The third-order valence-corrected chi connectivity index (χ3v) is 4.60. The summed E-state index contributed by atoms with van der Waals surface area (Å²) in [7, 11) is 0. The normalized spacial score (nSPS) is 10.3. The van der Waals surface area contributed by atoms with Crippen LogP contribution in [-0.2, 0) is 0 Å². The van der Waals surface area contributed by atoms with Crippen LogP contribution in [-0.4, -0.2) is 0 Å². The first-order valence-electron chi connectivity index (χ1n) is 12.7. The topological polar surface area (TPSA) is 0 Å². The van der Waals surface area contributed by atoms with Gasteiger partial charge >= 0.3 is 0 Å². The number of rotatable bonds is 6. The highest BCUT2D eigenvalue weighted by molar-refractivity contribution is 5.59. The van der Waals surface area contributed by atoms with Crippen molar-refractivity contribution in [1.82, 2.24) is 0 Å². The number of hydrogen-bond donors (Lipinski definition) is 0. The van der Waals surface area contributed by atoms with Crippen LogP contribution in [0.2, 0.25) is 0 Å². The lowest BCUT2D eigenvalue weighted by Crippen LogP contribution is -2.32. The number of allylic oxidation sites excluding steroid dienone is 2. The van der Waals surface area contributed by atoms with Crippen molar-refractivity contribution in [3.63, 3.8) is 0 Å². The maximum atomic E-state index is 14.3. The van der Waals surface area contributed by atoms with Crippen LogP contribution >= 0.6 is 0 Å². The second kappa shape index (κ2) is 25.6. The van der Waals surface area contributed by atoms with Crippen molar-refractivity contribution in [2.24, 2.45) is 0 Å². The predicted molar refractivity (Wildman–Crippen MR) is 148 cm³/mol. The fraction of sp³-hybridized carbons (Fsp3) is 0.600. The SMILES string of the molecule is C=C(/C=c1/c(F)c(F)c(/C=C(\C)CC)c(C)c1=C)CC.CC.CC.CCCC.CCCC. The molecule has 1 aromatic rings. The molecule has 32 heavy (non-hydrogen) atoms. The quantitative estimate of drug-likeness (QED) is 0.403. The van der Waals surface area contributed by atoms with Crippen molar-refractivity contribution in [2.45, 2.75) is 122 Å². The first-order valence-corrected chi connectivity index (χ1v) is 12.7. The highest BCUT2D eigenvalue weighted by Gasteiger charge is 2.13. The first-order chi connectivity index (χ1) is 15.2. The second-order valence-corrected chi connectivity index (χ2v) is 7.06. The third-order valence-electron chi connectivity index (χ3n) is 4.60. The van der Waals surface area contributed by atoms with Crippen LogP contribution in [0.15, 0.2) is 17.7 Å². The van der Waals surface area contributed by atoms with Gasteiger partial charge < -0.3 is 0 Å². The molecule has 0 aromatic heterocycles. The Morgan fingerprint density at radius 1 is 0.781 bits per heavy atom. The molecule has 0 aliphatic heterocycles. The molecule has 0 aliphatic carbocycles. The second-order valence-electron chi connectivity index (χ2n) is 7.06.